The van der Waals surface area contributed by atoms with Crippen molar-refractivity contribution >= 4 is 50.0 Å². The molecule has 8 nitrogen and oxygen atoms in total. The van der Waals surface area contributed by atoms with E-state index in [0.29, 0.717) is 43.7 Å². The molecule has 0 amide bonds. The molecule has 0 aliphatic carbocycles. The predicted molar refractivity (Wildman–Crippen MR) is 147 cm³/mol. The molecule has 0 aliphatic rings. The first kappa shape index (κ1) is 28.1. The van der Waals surface area contributed by atoms with Crippen molar-refractivity contribution in [1.82, 2.24) is 14.5 Å². The molecule has 2 aromatic carbocycles. The summed E-state index contributed by atoms with van der Waals surface area (Å²) in [5.74, 6) is 0.0831. The zero-order chi connectivity index (χ0) is 29.5. The highest BCUT2D eigenvalue weighted by atomic mass is 35.5. The molecule has 0 N–H and O–H groups in total. The minimum atomic E-state index is -4.70. The van der Waals surface area contributed by atoms with Crippen molar-refractivity contribution in [2.75, 3.05) is 13.7 Å². The molecule has 0 aliphatic heterocycles. The third kappa shape index (κ3) is 5.21. The predicted octanol–water partition coefficient (Wildman–Crippen LogP) is 6.39. The lowest BCUT2D eigenvalue weighted by Gasteiger charge is -2.16. The molecule has 0 saturated carbocycles. The van der Waals surface area contributed by atoms with Gasteiger partial charge in [0.15, 0.2) is 0 Å². The fourth-order valence-electron chi connectivity index (χ4n) is 4.46. The molecule has 41 heavy (non-hydrogen) atoms. The number of fused-ring (bicyclic) bond motifs is 2. The number of nitriles is 1. The molecule has 0 saturated heterocycles. The molecular weight excluding hydrogens is 581 g/mol. The summed E-state index contributed by atoms with van der Waals surface area (Å²) in [6.45, 7) is 1.47. The summed E-state index contributed by atoms with van der Waals surface area (Å²) in [4.78, 5) is 33.9. The molecule has 0 unspecified atom stereocenters. The largest absolute Gasteiger partial charge is 0.491 e. The van der Waals surface area contributed by atoms with E-state index in [-0.39, 0.29) is 29.9 Å². The number of hydrogen-bond acceptors (Lipinski definition) is 8. The van der Waals surface area contributed by atoms with Crippen molar-refractivity contribution in [3.8, 4) is 22.9 Å². The van der Waals surface area contributed by atoms with E-state index in [2.05, 4.69) is 9.97 Å². The normalized spacial score (nSPS) is 11.5. The Hall–Kier alpha value is -4.47. The van der Waals surface area contributed by atoms with E-state index in [1.54, 1.807) is 41.9 Å². The lowest BCUT2D eigenvalue weighted by Crippen LogP contribution is -2.27. The molecule has 0 radical (unpaired) electrons. The molecule has 0 atom stereocenters. The molecule has 5 rings (SSSR count). The van der Waals surface area contributed by atoms with Crippen LogP contribution in [0.5, 0.6) is 5.75 Å². The van der Waals surface area contributed by atoms with Crippen LogP contribution in [0.25, 0.3) is 32.2 Å². The lowest BCUT2D eigenvalue weighted by molar-refractivity contribution is -0.137. The summed E-state index contributed by atoms with van der Waals surface area (Å²) < 4.78 is 52.7. The van der Waals surface area contributed by atoms with Crippen molar-refractivity contribution < 1.29 is 27.4 Å². The van der Waals surface area contributed by atoms with E-state index < -0.39 is 28.8 Å². The number of nitrogens with zero attached hydrogens (tertiary/aromatic N) is 4. The lowest BCUT2D eigenvalue weighted by atomic mass is 10.0. The van der Waals surface area contributed by atoms with Gasteiger partial charge in [-0.25, -0.2) is 9.78 Å². The number of carbonyl (C=O) groups excluding carboxylic acids is 1. The first-order valence-corrected chi connectivity index (χ1v) is 13.2. The number of methoxy groups -OCH3 is 1. The third-order valence-corrected chi connectivity index (χ3v) is 7.60. The van der Waals surface area contributed by atoms with Gasteiger partial charge in [0.1, 0.15) is 24.3 Å². The summed E-state index contributed by atoms with van der Waals surface area (Å²) in [7, 11) is 1.29. The number of halogens is 4. The Kier molecular flexibility index (Phi) is 7.42. The van der Waals surface area contributed by atoms with Gasteiger partial charge in [0, 0.05) is 27.7 Å². The van der Waals surface area contributed by atoms with Gasteiger partial charge in [0.25, 0.3) is 5.56 Å². The number of aromatic nitrogens is 3. The van der Waals surface area contributed by atoms with Gasteiger partial charge in [-0.15, -0.1) is 11.3 Å². The number of benzene rings is 2. The molecule has 3 aromatic heterocycles. The van der Waals surface area contributed by atoms with Crippen molar-refractivity contribution in [3.63, 3.8) is 0 Å². The Morgan fingerprint density at radius 2 is 1.98 bits per heavy atom. The van der Waals surface area contributed by atoms with Crippen LogP contribution in [-0.2, 0) is 17.5 Å². The molecule has 3 heterocycles. The highest BCUT2D eigenvalue weighted by molar-refractivity contribution is 7.18. The minimum Gasteiger partial charge on any atom is -0.491 e. The molecule has 208 valence electrons. The van der Waals surface area contributed by atoms with Crippen LogP contribution in [0.15, 0.2) is 52.8 Å². The smallest absolute Gasteiger partial charge is 0.416 e. The van der Waals surface area contributed by atoms with Crippen LogP contribution in [0.4, 0.5) is 13.2 Å². The summed E-state index contributed by atoms with van der Waals surface area (Å²) >= 11 is 7.61. The quantitative estimate of drug-likeness (QED) is 0.208. The number of thiophene rings is 1. The van der Waals surface area contributed by atoms with Crippen molar-refractivity contribution in [1.29, 1.82) is 5.26 Å². The number of carbonyl (C=O) groups is 1. The number of pyridine rings is 1. The molecular formula is C28H18ClF3N4O4S. The SMILES string of the molecule is COC(=O)c1csc2c(-c3cc(Cl)ccc3OCCn3c(C)nc4cc(C(F)(F)F)cc(C#N)c4c3=O)ccnc12. The molecule has 13 heteroatoms. The number of hydrogen-bond donors (Lipinski definition) is 0. The van der Waals surface area contributed by atoms with Gasteiger partial charge in [-0.05, 0) is 43.3 Å². The molecule has 5 aromatic rings. The van der Waals surface area contributed by atoms with E-state index in [1.807, 2.05) is 0 Å². The van der Waals surface area contributed by atoms with Gasteiger partial charge < -0.3 is 9.47 Å². The van der Waals surface area contributed by atoms with E-state index in [9.17, 15) is 28.0 Å². The van der Waals surface area contributed by atoms with Gasteiger partial charge in [-0.3, -0.25) is 14.3 Å². The average molecular weight is 599 g/mol. The second kappa shape index (κ2) is 10.8. The van der Waals surface area contributed by atoms with Crippen molar-refractivity contribution in [2.45, 2.75) is 19.6 Å². The maximum atomic E-state index is 13.3. The van der Waals surface area contributed by atoms with Crippen LogP contribution in [0.1, 0.15) is 27.3 Å². The number of alkyl halides is 3. The Labute approximate surface area is 239 Å². The van der Waals surface area contributed by atoms with E-state index in [0.717, 1.165) is 6.07 Å². The van der Waals surface area contributed by atoms with Gasteiger partial charge in [-0.1, -0.05) is 11.6 Å². The van der Waals surface area contributed by atoms with E-state index in [1.165, 1.54) is 29.9 Å². The minimum absolute atomic E-state index is 0.00118. The van der Waals surface area contributed by atoms with Gasteiger partial charge in [-0.2, -0.15) is 18.4 Å². The number of esters is 1. The Balaban J connectivity index is 1.49. The van der Waals surface area contributed by atoms with Crippen LogP contribution >= 0.6 is 22.9 Å². The summed E-state index contributed by atoms with van der Waals surface area (Å²) in [6.07, 6.45) is -3.14. The average Bonchev–Trinajstić information content (AvgIpc) is 3.38. The standard InChI is InChI=1S/C28H18ClF3N4O4S/c1-14-35-21-10-16(28(30,31)32)9-15(12-33)23(21)26(37)36(14)7-8-40-22-4-3-17(29)11-19(22)18-5-6-34-24-20(27(38)39-2)13-41-25(18)24/h3-6,9-11,13H,7-8H2,1-2H3. The van der Waals surface area contributed by atoms with Crippen molar-refractivity contribution in [2.24, 2.45) is 0 Å². The van der Waals surface area contributed by atoms with Crippen LogP contribution in [-0.4, -0.2) is 34.2 Å². The van der Waals surface area contributed by atoms with Gasteiger partial charge >= 0.3 is 12.1 Å². The topological polar surface area (TPSA) is 107 Å². The maximum absolute atomic E-state index is 13.3. The zero-order valence-corrected chi connectivity index (χ0v) is 22.9. The van der Waals surface area contributed by atoms with E-state index in [4.69, 9.17) is 21.1 Å². The van der Waals surface area contributed by atoms with E-state index >= 15 is 0 Å². The van der Waals surface area contributed by atoms with Crippen molar-refractivity contribution in [3.05, 3.63) is 85.9 Å². The van der Waals surface area contributed by atoms with Crippen LogP contribution in [0, 0.1) is 18.3 Å². The summed E-state index contributed by atoms with van der Waals surface area (Å²) in [5.41, 5.74) is -0.191. The maximum Gasteiger partial charge on any atom is 0.416 e. The number of aryl methyl sites for hydroxylation is 1. The van der Waals surface area contributed by atoms with Crippen LogP contribution in [0.2, 0.25) is 5.02 Å². The second-order valence-electron chi connectivity index (χ2n) is 8.81. The fraction of sp³-hybridized carbons (Fsp3) is 0.179. The zero-order valence-electron chi connectivity index (χ0n) is 21.4. The summed E-state index contributed by atoms with van der Waals surface area (Å²) in [5, 5.41) is 11.4. The van der Waals surface area contributed by atoms with Gasteiger partial charge in [0.05, 0.1) is 51.5 Å². The Morgan fingerprint density at radius 1 is 1.20 bits per heavy atom. The highest BCUT2D eigenvalue weighted by Gasteiger charge is 2.32. The number of ether oxygens (including phenoxy) is 2. The Morgan fingerprint density at radius 3 is 2.68 bits per heavy atom. The van der Waals surface area contributed by atoms with Crippen LogP contribution < -0.4 is 10.3 Å². The Bertz CT molecular complexity index is 1950. The fourth-order valence-corrected chi connectivity index (χ4v) is 5.65. The first-order chi connectivity index (χ1) is 19.5. The van der Waals surface area contributed by atoms with Gasteiger partial charge in [0.2, 0.25) is 0 Å². The number of rotatable bonds is 6. The first-order valence-electron chi connectivity index (χ1n) is 11.9. The highest BCUT2D eigenvalue weighted by Crippen LogP contribution is 2.40. The monoisotopic (exact) mass is 598 g/mol. The van der Waals surface area contributed by atoms with Crippen LogP contribution in [0.3, 0.4) is 0 Å². The third-order valence-electron chi connectivity index (χ3n) is 6.36. The molecule has 0 fully saturated rings. The molecule has 0 spiro atoms. The summed E-state index contributed by atoms with van der Waals surface area (Å²) in [6, 6.07) is 9.86. The molecule has 0 bridgehead atoms. The second-order valence-corrected chi connectivity index (χ2v) is 10.1.